The molecule has 27 rings (SSSR count). The van der Waals surface area contributed by atoms with Gasteiger partial charge in [0.1, 0.15) is 33.5 Å². The maximum atomic E-state index is 9.42. The van der Waals surface area contributed by atoms with Crippen LogP contribution >= 0.6 is 0 Å². The predicted molar refractivity (Wildman–Crippen MR) is 556 cm³/mol. The summed E-state index contributed by atoms with van der Waals surface area (Å²) >= 11 is 0. The fraction of sp³-hybridized carbons (Fsp3) is 0. The molecule has 0 aliphatic heterocycles. The van der Waals surface area contributed by atoms with E-state index in [2.05, 4.69) is 24.3 Å². The zero-order valence-corrected chi connectivity index (χ0v) is 69.6. The van der Waals surface area contributed by atoms with Gasteiger partial charge in [-0.3, -0.25) is 0 Å². The van der Waals surface area contributed by atoms with Crippen LogP contribution in [-0.2, 0) is 0 Å². The van der Waals surface area contributed by atoms with Gasteiger partial charge in [-0.25, -0.2) is 0 Å². The monoisotopic (exact) mass is 1690 g/mol. The van der Waals surface area contributed by atoms with Gasteiger partial charge in [0.25, 0.3) is 0 Å². The molecule has 3 heterocycles. The summed E-state index contributed by atoms with van der Waals surface area (Å²) in [5, 5.41) is 11.3. The average molecular weight is 1690 g/mol. The van der Waals surface area contributed by atoms with Gasteiger partial charge in [-0.1, -0.05) is 406 Å². The molecule has 0 aliphatic rings. The van der Waals surface area contributed by atoms with E-state index in [1.54, 1.807) is 36.4 Å². The van der Waals surface area contributed by atoms with Gasteiger partial charge >= 0.3 is 0 Å². The zero-order chi connectivity index (χ0) is 107. The van der Waals surface area contributed by atoms with E-state index in [0.717, 1.165) is 98.4 Å². The highest BCUT2D eigenvalue weighted by molar-refractivity contribution is 6.26. The molecule has 0 saturated heterocycles. The van der Waals surface area contributed by atoms with E-state index in [4.69, 9.17) is 29.7 Å². The Balaban J connectivity index is 0.000000119. The third-order valence-corrected chi connectivity index (χ3v) is 25.1. The van der Waals surface area contributed by atoms with Crippen molar-refractivity contribution in [2.45, 2.75) is 0 Å². The molecule has 0 atom stereocenters. The van der Waals surface area contributed by atoms with E-state index in [9.17, 15) is 16.4 Å². The Morgan fingerprint density at radius 1 is 0.130 bits per heavy atom. The molecule has 27 aromatic rings. The quantitative estimate of drug-likeness (QED) is 0.128. The molecule has 0 aliphatic carbocycles. The third-order valence-electron chi connectivity index (χ3n) is 25.1. The van der Waals surface area contributed by atoms with Crippen molar-refractivity contribution < 1.29 is 46.1 Å². The van der Waals surface area contributed by atoms with Gasteiger partial charge < -0.3 is 13.3 Å². The lowest BCUT2D eigenvalue weighted by molar-refractivity contribution is 0.668. The number of hydrogen-bond donors (Lipinski definition) is 0. The molecule has 24 aromatic carbocycles. The second-order valence-electron chi connectivity index (χ2n) is 32.4. The van der Waals surface area contributed by atoms with Gasteiger partial charge in [0.15, 0.2) is 0 Å². The summed E-state index contributed by atoms with van der Waals surface area (Å²) in [6.45, 7) is 0. The Morgan fingerprint density at radius 3 is 0.718 bits per heavy atom. The first-order valence-electron chi connectivity index (χ1n) is 55.0. The van der Waals surface area contributed by atoms with Crippen LogP contribution in [0, 0.1) is 0 Å². The summed E-state index contributed by atoms with van der Waals surface area (Å²) in [6, 6.07) is 99.4. The van der Waals surface area contributed by atoms with Gasteiger partial charge in [0, 0.05) is 32.3 Å². The summed E-state index contributed by atoms with van der Waals surface area (Å²) < 4.78 is 235. The standard InChI is InChI=1S/C44H28O.2C42H26O/c1-3-13-29(14-4-1)32-25-33(30-15-5-2-6-16-30)27-34(26-32)44-38-20-9-7-18-36(38)43(37-19-8-10-21-39(37)44)31-23-24-42-40(28-31)35-17-11-12-22-41(35)45-42;1-2-15-31-27(11-1)12-10-21-32(31)28-13-9-14-29(25-28)41-34-17-3-5-19-36(34)42(37-20-6-4-18-35(37)41)30-23-24-40-38(26-30)33-16-7-8-22-39(33)43-40;1-2-12-31-27(10-1)11-9-18-32(31)28-20-22-29(23-21-28)41-34-14-3-5-16-36(34)42(37-17-6-4-15-35(37)41)30-24-25-40-38(26-30)33-13-7-8-19-39(33)43-40/h1-28H;2*1-26H/i7D,8D,9D,10D,18D,19D,20D,21D;3D,4D,5D,6D,17D,18D,19D,20D;3D,4D,5D,6D,14D,15D,16D,17D. The predicted octanol–water partition coefficient (Wildman–Crippen LogP) is 36.7. The molecule has 3 aromatic heterocycles. The lowest BCUT2D eigenvalue weighted by Crippen LogP contribution is -1.92. The summed E-state index contributed by atoms with van der Waals surface area (Å²) in [7, 11) is 0. The molecule has 0 radical (unpaired) electrons. The SMILES string of the molecule is [2H]c1c([2H])c([2H])c2c(-c3ccc4oc5ccccc5c4c3)c3c([2H])c([2H])c([2H])c([2H])c3c(-c3cc(-c4ccccc4)cc(-c4ccccc4)c3)c2c1[2H].[2H]c1c([2H])c([2H])c2c(-c3ccc4oc5ccccc5c4c3)c3c([2H])c([2H])c([2H])c([2H])c3c(-c3ccc(-c4cccc5ccccc45)cc3)c2c1[2H].[2H]c1c([2H])c([2H])c2c(-c3ccc4oc5ccccc5c4c3)c3c([2H])c([2H])c([2H])c([2H])c3c(-c3cccc(-c4cccc5ccccc45)c3)c2c1[2H]. The van der Waals surface area contributed by atoms with Gasteiger partial charge in [-0.15, -0.1) is 0 Å². The van der Waals surface area contributed by atoms with Gasteiger partial charge in [-0.2, -0.15) is 0 Å². The summed E-state index contributed by atoms with van der Waals surface area (Å²) in [5.41, 5.74) is 16.4. The largest absolute Gasteiger partial charge is 0.456 e. The van der Waals surface area contributed by atoms with Crippen molar-refractivity contribution in [3.8, 4) is 111 Å². The van der Waals surface area contributed by atoms with Crippen LogP contribution in [0.4, 0.5) is 0 Å². The van der Waals surface area contributed by atoms with E-state index in [1.807, 2.05) is 279 Å². The van der Waals surface area contributed by atoms with Crippen LogP contribution in [0.2, 0.25) is 0 Å². The number of para-hydroxylation sites is 3. The lowest BCUT2D eigenvalue weighted by Gasteiger charge is -2.19. The van der Waals surface area contributed by atoms with Crippen LogP contribution in [0.15, 0.2) is 498 Å². The fourth-order valence-electron chi connectivity index (χ4n) is 19.2. The first-order valence-corrected chi connectivity index (χ1v) is 43.0. The van der Waals surface area contributed by atoms with Gasteiger partial charge in [-0.05, 0) is 276 Å². The van der Waals surface area contributed by atoms with Crippen LogP contribution in [-0.4, -0.2) is 0 Å². The van der Waals surface area contributed by atoms with Crippen molar-refractivity contribution >= 4 is 152 Å². The number of hydrogen-bond acceptors (Lipinski definition) is 3. The van der Waals surface area contributed by atoms with Crippen LogP contribution in [0.3, 0.4) is 0 Å². The van der Waals surface area contributed by atoms with Crippen LogP contribution in [0.1, 0.15) is 32.9 Å². The minimum absolute atomic E-state index is 0.169. The normalized spacial score (nSPS) is 14.2. The van der Waals surface area contributed by atoms with Gasteiger partial charge in [0.2, 0.25) is 0 Å². The maximum Gasteiger partial charge on any atom is 0.135 e. The summed E-state index contributed by atoms with van der Waals surface area (Å²) in [6.07, 6.45) is 0. The molecular formula is C128H80O3. The lowest BCUT2D eigenvalue weighted by atomic mass is 9.84. The number of fused-ring (bicyclic) bond motifs is 17. The number of rotatable bonds is 10. The number of benzene rings is 24. The molecule has 3 heteroatoms. The highest BCUT2D eigenvalue weighted by Crippen LogP contribution is 2.51. The first-order chi connectivity index (χ1) is 74.9. The second-order valence-corrected chi connectivity index (χ2v) is 32.4. The molecule has 0 spiro atoms. The van der Waals surface area contributed by atoms with E-state index in [0.29, 0.717) is 100 Å². The second kappa shape index (κ2) is 32.0. The minimum atomic E-state index is -0.437. The molecule has 0 fully saturated rings. The first kappa shape index (κ1) is 55.3. The van der Waals surface area contributed by atoms with Gasteiger partial charge in [0.05, 0.1) is 32.9 Å². The Hall–Kier alpha value is -17.2. The van der Waals surface area contributed by atoms with Crippen LogP contribution in [0.5, 0.6) is 0 Å². The Labute approximate surface area is 790 Å². The van der Waals surface area contributed by atoms with Crippen molar-refractivity contribution in [2.75, 3.05) is 0 Å². The molecule has 3 nitrogen and oxygen atoms in total. The van der Waals surface area contributed by atoms with Crippen molar-refractivity contribution in [3.63, 3.8) is 0 Å². The maximum absolute atomic E-state index is 9.42. The Kier molecular flexibility index (Phi) is 13.5. The highest BCUT2D eigenvalue weighted by atomic mass is 16.3. The summed E-state index contributed by atoms with van der Waals surface area (Å²) in [5.74, 6) is 0. The topological polar surface area (TPSA) is 39.4 Å². The fourth-order valence-corrected chi connectivity index (χ4v) is 19.2. The number of furan rings is 3. The highest BCUT2D eigenvalue weighted by Gasteiger charge is 2.25. The van der Waals surface area contributed by atoms with E-state index >= 15 is 0 Å². The molecule has 0 unspecified atom stereocenters. The molecule has 0 N–H and O–H groups in total. The van der Waals surface area contributed by atoms with Crippen LogP contribution < -0.4 is 0 Å². The Morgan fingerprint density at radius 2 is 0.359 bits per heavy atom. The summed E-state index contributed by atoms with van der Waals surface area (Å²) in [4.78, 5) is 0. The molecule has 610 valence electrons. The smallest absolute Gasteiger partial charge is 0.135 e. The van der Waals surface area contributed by atoms with Crippen molar-refractivity contribution in [1.29, 1.82) is 0 Å². The van der Waals surface area contributed by atoms with Crippen molar-refractivity contribution in [3.05, 3.63) is 485 Å². The van der Waals surface area contributed by atoms with Crippen molar-refractivity contribution in [2.24, 2.45) is 0 Å². The van der Waals surface area contributed by atoms with Crippen LogP contribution in [0.25, 0.3) is 263 Å². The average Bonchev–Trinajstić information content (AvgIpc) is 1.67. The molecular weight excluding hydrogens is 1590 g/mol. The van der Waals surface area contributed by atoms with E-state index in [-0.39, 0.29) is 137 Å². The van der Waals surface area contributed by atoms with E-state index in [1.165, 1.54) is 0 Å². The minimum Gasteiger partial charge on any atom is -0.456 e. The zero-order valence-electron chi connectivity index (χ0n) is 93.6. The molecule has 0 bridgehead atoms. The molecule has 131 heavy (non-hydrogen) atoms. The molecule has 0 saturated carbocycles. The van der Waals surface area contributed by atoms with E-state index < -0.39 is 72.5 Å². The third kappa shape index (κ3) is 13.3. The van der Waals surface area contributed by atoms with Crippen molar-refractivity contribution in [1.82, 2.24) is 0 Å². The Bertz CT molecular complexity index is 10500. The molecule has 0 amide bonds.